The van der Waals surface area contributed by atoms with E-state index >= 15 is 0 Å². The number of nitrogens with zero attached hydrogens (tertiary/aromatic N) is 1. The molecule has 62 heavy (non-hydrogen) atoms. The molecule has 1 saturated carbocycles. The number of esters is 1. The first-order valence-corrected chi connectivity index (χ1v) is 23.5. The number of ketones is 2. The van der Waals surface area contributed by atoms with Crippen molar-refractivity contribution in [3.63, 3.8) is 0 Å². The number of piperidine rings is 1. The summed E-state index contributed by atoms with van der Waals surface area (Å²) >= 11 is 0. The number of aliphatic hydroxyl groups excluding tert-OH is 2. The van der Waals surface area contributed by atoms with Gasteiger partial charge in [-0.25, -0.2) is 4.79 Å². The van der Waals surface area contributed by atoms with Crippen LogP contribution < -0.4 is 0 Å². The Labute approximate surface area is 371 Å². The molecular formula is C50H79NO11. The summed E-state index contributed by atoms with van der Waals surface area (Å²) in [6.45, 7) is 13.7. The zero-order valence-electron chi connectivity index (χ0n) is 39.1. The largest absolute Gasteiger partial charge is 0.461 e. The Morgan fingerprint density at radius 1 is 0.855 bits per heavy atom. The molecule has 2 bridgehead atoms. The van der Waals surface area contributed by atoms with Gasteiger partial charge < -0.3 is 39.2 Å². The number of carbonyl (C=O) groups is 4. The van der Waals surface area contributed by atoms with Gasteiger partial charge in [0.1, 0.15) is 24.4 Å². The second-order valence-electron chi connectivity index (χ2n) is 19.4. The molecule has 0 aromatic rings. The predicted octanol–water partition coefficient (Wildman–Crippen LogP) is 7.38. The molecule has 12 heteroatoms. The fourth-order valence-corrected chi connectivity index (χ4v) is 10.0. The Morgan fingerprint density at radius 3 is 2.31 bits per heavy atom. The third-order valence-electron chi connectivity index (χ3n) is 14.1. The fourth-order valence-electron chi connectivity index (χ4n) is 10.0. The summed E-state index contributed by atoms with van der Waals surface area (Å²) < 4.78 is 23.7. The minimum Gasteiger partial charge on any atom is -0.461 e. The first-order valence-electron chi connectivity index (χ1n) is 23.5. The van der Waals surface area contributed by atoms with Crippen LogP contribution in [-0.2, 0) is 38.1 Å². The topological polar surface area (TPSA) is 169 Å². The first kappa shape index (κ1) is 51.6. The summed E-state index contributed by atoms with van der Waals surface area (Å²) in [6, 6.07) is -0.994. The van der Waals surface area contributed by atoms with Crippen LogP contribution in [0.1, 0.15) is 138 Å². The van der Waals surface area contributed by atoms with Gasteiger partial charge in [0.25, 0.3) is 11.7 Å². The highest BCUT2D eigenvalue weighted by Gasteiger charge is 2.52. The standard InChI is InChI=1S/C50H79NO11/c1-31-15-11-10-12-16-32(2)27-35(5)44(53)46(60-9)45(54)36(6)28-33(3)19-25-42(34(4)29-38-21-24-41(52)43(30-38)59-8)61-49(57)40-17-13-14-26-51(40)48(56)47(55)50(58)37(7)20-23-39(62-50)22-18-31/h10-12,15-16,28,32-35,37-43,45-46,52,54,58H,13-14,17-27,29-30H2,1-9H3/b11-10+,16-12+,31-15+,36-28+/t32-,33+,34-,35-,37-,38?,39-,40+,41-,42+,43-,45-,46+,50-/m1/s1. The quantitative estimate of drug-likeness (QED) is 0.143. The van der Waals surface area contributed by atoms with Gasteiger partial charge in [0, 0.05) is 32.6 Å². The highest BCUT2D eigenvalue weighted by atomic mass is 16.6. The molecule has 3 N–H and O–H groups in total. The van der Waals surface area contributed by atoms with Gasteiger partial charge in [0.2, 0.25) is 5.79 Å². The van der Waals surface area contributed by atoms with E-state index in [9.17, 15) is 34.5 Å². The molecule has 0 aromatic heterocycles. The van der Waals surface area contributed by atoms with E-state index in [1.54, 1.807) is 21.0 Å². The molecule has 1 amide bonds. The molecule has 12 nitrogen and oxygen atoms in total. The van der Waals surface area contributed by atoms with Crippen molar-refractivity contribution >= 4 is 23.4 Å². The molecule has 350 valence electrons. The monoisotopic (exact) mass is 870 g/mol. The van der Waals surface area contributed by atoms with Crippen molar-refractivity contribution < 1.29 is 53.4 Å². The van der Waals surface area contributed by atoms with Gasteiger partial charge in [0.15, 0.2) is 5.78 Å². The average Bonchev–Trinajstić information content (AvgIpc) is 3.25. The van der Waals surface area contributed by atoms with Gasteiger partial charge in [-0.2, -0.15) is 0 Å². The van der Waals surface area contributed by atoms with E-state index in [-0.39, 0.29) is 48.0 Å². The van der Waals surface area contributed by atoms with Gasteiger partial charge >= 0.3 is 5.97 Å². The smallest absolute Gasteiger partial charge is 0.329 e. The molecule has 3 fully saturated rings. The van der Waals surface area contributed by atoms with Gasteiger partial charge in [-0.1, -0.05) is 76.6 Å². The lowest BCUT2D eigenvalue weighted by Crippen LogP contribution is -2.60. The van der Waals surface area contributed by atoms with E-state index in [1.165, 1.54) is 12.0 Å². The maximum atomic E-state index is 14.3. The van der Waals surface area contributed by atoms with Crippen LogP contribution in [0.5, 0.6) is 0 Å². The summed E-state index contributed by atoms with van der Waals surface area (Å²) in [5.74, 6) is -5.78. The number of hydrogen-bond acceptors (Lipinski definition) is 11. The number of hydrogen-bond donors (Lipinski definition) is 3. The van der Waals surface area contributed by atoms with Gasteiger partial charge in [-0.05, 0) is 133 Å². The first-order chi connectivity index (χ1) is 29.4. The molecule has 4 rings (SSSR count). The number of rotatable bonds is 5. The van der Waals surface area contributed by atoms with Crippen molar-refractivity contribution in [2.24, 2.45) is 35.5 Å². The van der Waals surface area contributed by atoms with Crippen LogP contribution in [0.2, 0.25) is 0 Å². The Hall–Kier alpha value is -3.00. The second-order valence-corrected chi connectivity index (χ2v) is 19.4. The van der Waals surface area contributed by atoms with Crippen LogP contribution >= 0.6 is 0 Å². The Balaban J connectivity index is 1.64. The normalized spacial score (nSPS) is 40.5. The van der Waals surface area contributed by atoms with E-state index in [1.807, 2.05) is 51.2 Å². The summed E-state index contributed by atoms with van der Waals surface area (Å²) in [6.07, 6.45) is 16.5. The van der Waals surface area contributed by atoms with Crippen molar-refractivity contribution in [2.45, 2.75) is 187 Å². The van der Waals surface area contributed by atoms with Crippen molar-refractivity contribution in [3.05, 3.63) is 47.6 Å². The Bertz CT molecular complexity index is 1620. The average molecular weight is 870 g/mol. The van der Waals surface area contributed by atoms with Crippen LogP contribution in [0.15, 0.2) is 47.6 Å². The van der Waals surface area contributed by atoms with Crippen LogP contribution in [0.3, 0.4) is 0 Å². The van der Waals surface area contributed by atoms with Gasteiger partial charge in [-0.15, -0.1) is 0 Å². The second kappa shape index (κ2) is 24.3. The van der Waals surface area contributed by atoms with Crippen LogP contribution in [0.4, 0.5) is 0 Å². The molecule has 1 aliphatic carbocycles. The van der Waals surface area contributed by atoms with Crippen LogP contribution in [-0.4, -0.2) is 113 Å². The zero-order valence-corrected chi connectivity index (χ0v) is 39.1. The highest BCUT2D eigenvalue weighted by molar-refractivity contribution is 6.39. The minimum atomic E-state index is -2.31. The molecule has 0 radical (unpaired) electrons. The number of cyclic esters (lactones) is 1. The molecule has 3 aliphatic heterocycles. The van der Waals surface area contributed by atoms with Crippen molar-refractivity contribution in [1.29, 1.82) is 0 Å². The van der Waals surface area contributed by atoms with E-state index in [2.05, 4.69) is 19.9 Å². The van der Waals surface area contributed by atoms with Crippen molar-refractivity contribution in [2.75, 3.05) is 20.8 Å². The number of fused-ring (bicyclic) bond motifs is 3. The fraction of sp³-hybridized carbons (Fsp3) is 0.760. The van der Waals surface area contributed by atoms with E-state index in [0.717, 1.165) is 18.4 Å². The van der Waals surface area contributed by atoms with Gasteiger partial charge in [0.05, 0.1) is 18.3 Å². The van der Waals surface area contributed by atoms with E-state index in [4.69, 9.17) is 18.9 Å². The lowest BCUT2D eigenvalue weighted by atomic mass is 9.78. The summed E-state index contributed by atoms with van der Waals surface area (Å²) in [5.41, 5.74) is 1.70. The maximum absolute atomic E-state index is 14.3. The summed E-state index contributed by atoms with van der Waals surface area (Å²) in [7, 11) is 3.06. The number of methoxy groups -OCH3 is 2. The maximum Gasteiger partial charge on any atom is 0.329 e. The van der Waals surface area contributed by atoms with E-state index < -0.39 is 65.9 Å². The molecule has 4 aliphatic rings. The molecule has 3 heterocycles. The minimum absolute atomic E-state index is 0.0638. The molecular weight excluding hydrogens is 791 g/mol. The molecule has 0 spiro atoms. The molecule has 0 aromatic carbocycles. The Kier molecular flexibility index (Phi) is 20.3. The van der Waals surface area contributed by atoms with Crippen molar-refractivity contribution in [3.8, 4) is 0 Å². The van der Waals surface area contributed by atoms with Crippen molar-refractivity contribution in [1.82, 2.24) is 4.90 Å². The SMILES string of the molecule is CO[C@@H]1CC(C[C@@H](C)[C@@H]2CC[C@H](C)/C=C(\C)[C@@H](O)[C@@H](OC)C(=O)[C@H](C)C[C@H](C)/C=C/C=C/C=C(\C)CC[C@@H]3CC[C@@H](C)[C@@](O)(O3)C(=O)C(=O)N3CCCC[C@H]3C(=O)O2)CC[C@H]1O. The van der Waals surface area contributed by atoms with E-state index in [0.29, 0.717) is 82.6 Å². The van der Waals surface area contributed by atoms with Crippen LogP contribution in [0, 0.1) is 35.5 Å². The summed E-state index contributed by atoms with van der Waals surface area (Å²) in [4.78, 5) is 57.4. The molecule has 1 unspecified atom stereocenters. The number of allylic oxidation sites excluding steroid dienone is 7. The lowest BCUT2D eigenvalue weighted by Gasteiger charge is -2.42. The summed E-state index contributed by atoms with van der Waals surface area (Å²) in [5, 5.41) is 33.7. The third-order valence-corrected chi connectivity index (χ3v) is 14.1. The number of aliphatic hydroxyl groups is 3. The molecule has 14 atom stereocenters. The highest BCUT2D eigenvalue weighted by Crippen LogP contribution is 2.37. The number of carbonyl (C=O) groups excluding carboxylic acids is 4. The third kappa shape index (κ3) is 14.0. The Morgan fingerprint density at radius 2 is 1.60 bits per heavy atom. The molecule has 2 saturated heterocycles. The van der Waals surface area contributed by atoms with Gasteiger partial charge in [-0.3, -0.25) is 14.4 Å². The number of amides is 1. The zero-order chi connectivity index (χ0) is 45.7. The lowest BCUT2D eigenvalue weighted by molar-refractivity contribution is -0.263. The van der Waals surface area contributed by atoms with Crippen LogP contribution in [0.25, 0.3) is 0 Å². The number of ether oxygens (including phenoxy) is 4. The number of Topliss-reactive ketones (excluding diaryl/α,β-unsaturated/α-hetero) is 2. The predicted molar refractivity (Wildman–Crippen MR) is 239 cm³/mol.